The summed E-state index contributed by atoms with van der Waals surface area (Å²) < 4.78 is 7.21. The number of oxime groups is 1. The van der Waals surface area contributed by atoms with Crippen LogP contribution in [0, 0.1) is 0 Å². The molecule has 0 saturated heterocycles. The van der Waals surface area contributed by atoms with E-state index < -0.39 is 0 Å². The van der Waals surface area contributed by atoms with Crippen molar-refractivity contribution >= 4 is 11.5 Å². The van der Waals surface area contributed by atoms with Gasteiger partial charge in [-0.25, -0.2) is 9.67 Å². The molecule has 0 radical (unpaired) electrons. The Bertz CT molecular complexity index is 941. The van der Waals surface area contributed by atoms with Gasteiger partial charge >= 0.3 is 0 Å². The third kappa shape index (κ3) is 5.50. The van der Waals surface area contributed by atoms with E-state index in [1.807, 2.05) is 36.4 Å². The highest BCUT2D eigenvalue weighted by molar-refractivity contribution is 6.10. The summed E-state index contributed by atoms with van der Waals surface area (Å²) >= 11 is 0. The number of rotatable bonds is 10. The van der Waals surface area contributed by atoms with Crippen LogP contribution in [0.1, 0.15) is 43.3 Å². The number of nitrogen functional groups attached to an aromatic ring is 1. The van der Waals surface area contributed by atoms with Crippen molar-refractivity contribution in [3.8, 4) is 5.75 Å². The fraction of sp³-hybridized carbons (Fsp3) is 0.350. The Morgan fingerprint density at radius 3 is 2.66 bits per heavy atom. The molecule has 29 heavy (non-hydrogen) atoms. The first kappa shape index (κ1) is 20.2. The van der Waals surface area contributed by atoms with E-state index in [-0.39, 0.29) is 6.61 Å². The number of aromatic nitrogens is 5. The number of unbranched alkanes of at least 4 members (excludes halogenated alkanes) is 2. The van der Waals surface area contributed by atoms with Crippen LogP contribution in [0.2, 0.25) is 0 Å². The van der Waals surface area contributed by atoms with E-state index in [1.165, 1.54) is 4.68 Å². The average molecular weight is 395 g/mol. The number of nitrogens with two attached hydrogens (primary N) is 1. The number of tetrazole rings is 1. The number of ether oxygens (including phenoxy) is 1. The molecule has 0 fully saturated rings. The molecule has 3 aromatic rings. The van der Waals surface area contributed by atoms with Gasteiger partial charge in [0.1, 0.15) is 0 Å². The average Bonchev–Trinajstić information content (AvgIpc) is 3.16. The first-order valence-corrected chi connectivity index (χ1v) is 9.55. The van der Waals surface area contributed by atoms with Crippen LogP contribution in [0.3, 0.4) is 0 Å². The summed E-state index contributed by atoms with van der Waals surface area (Å²) in [7, 11) is 1.75. The molecule has 152 valence electrons. The lowest BCUT2D eigenvalue weighted by atomic mass is 10.1. The summed E-state index contributed by atoms with van der Waals surface area (Å²) in [6.07, 6.45) is 3.26. The first-order valence-electron chi connectivity index (χ1n) is 9.55. The molecule has 9 nitrogen and oxygen atoms in total. The van der Waals surface area contributed by atoms with Gasteiger partial charge in [-0.2, -0.15) is 0 Å². The Labute approximate surface area is 169 Å². The zero-order chi connectivity index (χ0) is 20.5. The van der Waals surface area contributed by atoms with Gasteiger partial charge in [-0.3, -0.25) is 0 Å². The third-order valence-corrected chi connectivity index (χ3v) is 4.20. The minimum absolute atomic E-state index is 0.155. The van der Waals surface area contributed by atoms with Crippen LogP contribution in [0.15, 0.2) is 47.6 Å². The van der Waals surface area contributed by atoms with Gasteiger partial charge in [0, 0.05) is 12.6 Å². The van der Waals surface area contributed by atoms with Gasteiger partial charge in [0.05, 0.1) is 12.3 Å². The molecule has 0 aliphatic rings. The number of anilines is 1. The number of hydrogen-bond acceptors (Lipinski definition) is 8. The number of benzene rings is 1. The molecule has 0 bridgehead atoms. The van der Waals surface area contributed by atoms with Crippen molar-refractivity contribution < 1.29 is 9.57 Å². The molecule has 0 saturated carbocycles. The van der Waals surface area contributed by atoms with E-state index in [9.17, 15) is 0 Å². The number of aryl methyl sites for hydroxylation is 1. The van der Waals surface area contributed by atoms with Crippen LogP contribution in [0.5, 0.6) is 5.75 Å². The highest BCUT2D eigenvalue weighted by atomic mass is 16.6. The molecular formula is C20H25N7O2. The topological polar surface area (TPSA) is 113 Å². The highest BCUT2D eigenvalue weighted by Gasteiger charge is 2.15. The van der Waals surface area contributed by atoms with Gasteiger partial charge in [0.25, 0.3) is 0 Å². The lowest BCUT2D eigenvalue weighted by Crippen LogP contribution is -2.12. The van der Waals surface area contributed by atoms with Crippen LogP contribution >= 0.6 is 0 Å². The molecule has 0 atom stereocenters. The third-order valence-electron chi connectivity index (χ3n) is 4.20. The molecule has 2 heterocycles. The van der Waals surface area contributed by atoms with Crippen molar-refractivity contribution in [3.63, 3.8) is 0 Å². The normalized spacial score (nSPS) is 11.4. The van der Waals surface area contributed by atoms with Gasteiger partial charge < -0.3 is 15.3 Å². The van der Waals surface area contributed by atoms with E-state index in [1.54, 1.807) is 13.1 Å². The van der Waals surface area contributed by atoms with Gasteiger partial charge in [-0.05, 0) is 29.0 Å². The first-order chi connectivity index (χ1) is 14.2. The fourth-order valence-corrected chi connectivity index (χ4v) is 2.65. The predicted molar refractivity (Wildman–Crippen MR) is 109 cm³/mol. The quantitative estimate of drug-likeness (QED) is 0.319. The zero-order valence-electron chi connectivity index (χ0n) is 16.7. The maximum atomic E-state index is 6.00. The van der Waals surface area contributed by atoms with E-state index in [2.05, 4.69) is 32.6 Å². The maximum absolute atomic E-state index is 6.00. The van der Waals surface area contributed by atoms with Crippen molar-refractivity contribution in [2.75, 3.05) is 12.3 Å². The second kappa shape index (κ2) is 10.2. The van der Waals surface area contributed by atoms with E-state index >= 15 is 0 Å². The van der Waals surface area contributed by atoms with E-state index in [4.69, 9.17) is 15.3 Å². The Morgan fingerprint density at radius 2 is 1.97 bits per heavy atom. The lowest BCUT2D eigenvalue weighted by Gasteiger charge is -2.09. The molecule has 0 spiro atoms. The molecule has 3 rings (SSSR count). The molecule has 9 heteroatoms. The van der Waals surface area contributed by atoms with Crippen LogP contribution in [-0.4, -0.2) is 37.5 Å². The number of pyridine rings is 1. The van der Waals surface area contributed by atoms with Gasteiger partial charge in [0.2, 0.25) is 5.82 Å². The summed E-state index contributed by atoms with van der Waals surface area (Å²) in [5.74, 6) is 1.43. The fourth-order valence-electron chi connectivity index (χ4n) is 2.65. The summed E-state index contributed by atoms with van der Waals surface area (Å²) in [5, 5.41) is 15.8. The smallest absolute Gasteiger partial charge is 0.204 e. The number of hydrogen-bond donors (Lipinski definition) is 1. The maximum Gasteiger partial charge on any atom is 0.204 e. The molecular weight excluding hydrogens is 370 g/mol. The van der Waals surface area contributed by atoms with Crippen molar-refractivity contribution in [2.24, 2.45) is 12.2 Å². The predicted octanol–water partition coefficient (Wildman–Crippen LogP) is 2.73. The highest BCUT2D eigenvalue weighted by Crippen LogP contribution is 2.20. The minimum Gasteiger partial charge on any atom is -0.490 e. The van der Waals surface area contributed by atoms with Crippen LogP contribution in [-0.2, 0) is 18.5 Å². The van der Waals surface area contributed by atoms with Crippen molar-refractivity contribution in [1.29, 1.82) is 0 Å². The molecule has 0 aliphatic heterocycles. The van der Waals surface area contributed by atoms with Crippen LogP contribution in [0.25, 0.3) is 0 Å². The second-order valence-corrected chi connectivity index (χ2v) is 6.45. The molecule has 2 aromatic heterocycles. The summed E-state index contributed by atoms with van der Waals surface area (Å²) in [6.45, 7) is 2.94. The Morgan fingerprint density at radius 1 is 1.14 bits per heavy atom. The summed E-state index contributed by atoms with van der Waals surface area (Å²) in [4.78, 5) is 9.88. The molecule has 1 aromatic carbocycles. The van der Waals surface area contributed by atoms with E-state index in [0.29, 0.717) is 35.4 Å². The molecule has 2 N–H and O–H groups in total. The SMILES string of the molecule is CCCCCOc1ccc(CO/N=C(/c2ccccc2)c2nnnn2C)nc1N. The number of nitrogens with zero attached hydrogens (tertiary/aromatic N) is 6. The molecule has 0 unspecified atom stereocenters. The Kier molecular flexibility index (Phi) is 7.10. The van der Waals surface area contributed by atoms with Gasteiger partial charge in [0.15, 0.2) is 23.9 Å². The lowest BCUT2D eigenvalue weighted by molar-refractivity contribution is 0.128. The summed E-state index contributed by atoms with van der Waals surface area (Å²) in [5.41, 5.74) is 8.02. The van der Waals surface area contributed by atoms with Crippen molar-refractivity contribution in [3.05, 3.63) is 59.5 Å². The summed E-state index contributed by atoms with van der Waals surface area (Å²) in [6, 6.07) is 13.2. The molecule has 0 amide bonds. The van der Waals surface area contributed by atoms with E-state index in [0.717, 1.165) is 24.8 Å². The van der Waals surface area contributed by atoms with Gasteiger partial charge in [-0.15, -0.1) is 5.10 Å². The van der Waals surface area contributed by atoms with Crippen LogP contribution in [0.4, 0.5) is 5.82 Å². The zero-order valence-corrected chi connectivity index (χ0v) is 16.7. The van der Waals surface area contributed by atoms with Gasteiger partial charge in [-0.1, -0.05) is 55.3 Å². The Hall–Kier alpha value is -3.49. The van der Waals surface area contributed by atoms with Crippen LogP contribution < -0.4 is 10.5 Å². The minimum atomic E-state index is 0.155. The molecule has 0 aliphatic carbocycles. The standard InChI is InChI=1S/C20H25N7O2/c1-3-4-8-13-28-17-12-11-16(22-19(17)21)14-29-24-18(15-9-6-5-7-10-15)20-23-25-26-27(20)2/h5-7,9-12H,3-4,8,13-14H2,1-2H3,(H2,21,22)/b24-18-. The second-order valence-electron chi connectivity index (χ2n) is 6.45. The Balaban J connectivity index is 1.68. The monoisotopic (exact) mass is 395 g/mol. The van der Waals surface area contributed by atoms with Crippen molar-refractivity contribution in [1.82, 2.24) is 25.2 Å². The van der Waals surface area contributed by atoms with Crippen molar-refractivity contribution in [2.45, 2.75) is 32.8 Å². The largest absolute Gasteiger partial charge is 0.490 e.